The Balaban J connectivity index is 4.28. The van der Waals surface area contributed by atoms with Crippen molar-refractivity contribution < 1.29 is 19.5 Å². The molecule has 0 unspecified atom stereocenters. The maximum atomic E-state index is 11.9. The summed E-state index contributed by atoms with van der Waals surface area (Å²) in [5.74, 6) is -0.730. The van der Waals surface area contributed by atoms with Gasteiger partial charge in [-0.15, -0.1) is 0 Å². The van der Waals surface area contributed by atoms with E-state index in [0.717, 1.165) is 0 Å². The molecule has 7 nitrogen and oxygen atoms in total. The maximum absolute atomic E-state index is 11.9. The van der Waals surface area contributed by atoms with Crippen LogP contribution in [0.1, 0.15) is 27.2 Å². The molecule has 0 saturated carbocycles. The molecule has 0 saturated heterocycles. The van der Waals surface area contributed by atoms with E-state index in [1.54, 1.807) is 13.8 Å². The number of hydrogen-bond donors (Lipinski definition) is 5. The Morgan fingerprint density at radius 2 is 1.90 bits per heavy atom. The quantitative estimate of drug-likeness (QED) is 0.325. The van der Waals surface area contributed by atoms with Crippen molar-refractivity contribution in [1.29, 1.82) is 0 Å². The highest BCUT2D eigenvalue weighted by molar-refractivity contribution is 7.78. The molecule has 1 atom stereocenters. The van der Waals surface area contributed by atoms with Crippen LogP contribution in [0.15, 0.2) is 0 Å². The fourth-order valence-corrected chi connectivity index (χ4v) is 1.69. The Labute approximate surface area is 124 Å². The van der Waals surface area contributed by atoms with Crippen LogP contribution in [0.3, 0.4) is 0 Å². The molecule has 0 aromatic carbocycles. The molecule has 0 rings (SSSR count). The van der Waals surface area contributed by atoms with E-state index < -0.39 is 18.2 Å². The zero-order valence-electron chi connectivity index (χ0n) is 12.0. The van der Waals surface area contributed by atoms with Crippen LogP contribution in [0, 0.1) is 0 Å². The summed E-state index contributed by atoms with van der Waals surface area (Å²) in [5.41, 5.74) is -0.969. The minimum absolute atomic E-state index is 0.0307. The molecule has 4 N–H and O–H groups in total. The average Bonchev–Trinajstić information content (AvgIpc) is 2.39. The Morgan fingerprint density at radius 1 is 1.30 bits per heavy atom. The van der Waals surface area contributed by atoms with Gasteiger partial charge >= 0.3 is 0 Å². The molecule has 0 aromatic heterocycles. The maximum Gasteiger partial charge on any atom is 0.216 e. The highest BCUT2D eigenvalue weighted by Crippen LogP contribution is 2.04. The minimum atomic E-state index is -0.969. The van der Waals surface area contributed by atoms with Gasteiger partial charge < -0.3 is 10.4 Å². The van der Waals surface area contributed by atoms with Crippen molar-refractivity contribution in [2.75, 3.05) is 19.7 Å². The molecule has 8 heteroatoms. The van der Waals surface area contributed by atoms with Gasteiger partial charge in [-0.25, -0.2) is 0 Å². The molecule has 20 heavy (non-hydrogen) atoms. The molecule has 0 spiro atoms. The fourth-order valence-electron chi connectivity index (χ4n) is 1.42. The first-order chi connectivity index (χ1) is 9.24. The number of nitrogens with one attached hydrogen (secondary N) is 3. The van der Waals surface area contributed by atoms with E-state index in [4.69, 9.17) is 5.11 Å². The second-order valence-corrected chi connectivity index (χ2v) is 5.24. The van der Waals surface area contributed by atoms with Crippen LogP contribution in [0.2, 0.25) is 0 Å². The number of Topliss-reactive ketones (excluding diaryl/α,β-unsaturated/α-hetero) is 2. The number of hydrogen-bond acceptors (Lipinski definition) is 7. The van der Waals surface area contributed by atoms with Gasteiger partial charge in [-0.1, -0.05) is 12.8 Å². The highest BCUT2D eigenvalue weighted by atomic mass is 32.1. The van der Waals surface area contributed by atoms with E-state index in [2.05, 4.69) is 28.2 Å². The van der Waals surface area contributed by atoms with E-state index in [1.807, 2.05) is 0 Å². The number of aliphatic hydroxyl groups is 1. The Hall–Kier alpha value is -0.960. The van der Waals surface area contributed by atoms with Gasteiger partial charge in [-0.3, -0.25) is 24.4 Å². The van der Waals surface area contributed by atoms with Gasteiger partial charge in [-0.2, -0.15) is 0 Å². The van der Waals surface area contributed by atoms with E-state index in [9.17, 15) is 14.4 Å². The van der Waals surface area contributed by atoms with Crippen LogP contribution in [0.25, 0.3) is 0 Å². The molecule has 0 bridgehead atoms. The SMILES string of the molecule is CC(=O)NCC[C@H](NS)C(=O)CNC(C)(C)C(=O)CO. The largest absolute Gasteiger partial charge is 0.389 e. The predicted molar refractivity (Wildman–Crippen MR) is 78.4 cm³/mol. The summed E-state index contributed by atoms with van der Waals surface area (Å²) in [4.78, 5) is 34.1. The molecule has 0 aliphatic heterocycles. The van der Waals surface area contributed by atoms with Gasteiger partial charge in [0.05, 0.1) is 18.1 Å². The second-order valence-electron chi connectivity index (χ2n) is 4.98. The summed E-state index contributed by atoms with van der Waals surface area (Å²) in [7, 11) is 0. The van der Waals surface area contributed by atoms with Crippen LogP contribution >= 0.6 is 12.8 Å². The van der Waals surface area contributed by atoms with Crippen molar-refractivity contribution in [2.24, 2.45) is 0 Å². The first kappa shape index (κ1) is 19.0. The average molecular weight is 305 g/mol. The fraction of sp³-hybridized carbons (Fsp3) is 0.750. The van der Waals surface area contributed by atoms with Gasteiger partial charge in [0.2, 0.25) is 5.91 Å². The van der Waals surface area contributed by atoms with Crippen molar-refractivity contribution in [3.63, 3.8) is 0 Å². The standard InChI is InChI=1S/C12H23N3O4S/c1-8(17)13-5-4-9(15-20)10(18)6-14-12(2,3)11(19)7-16/h9,14-16,20H,4-7H2,1-3H3,(H,13,17)/t9-/m0/s1. The van der Waals surface area contributed by atoms with E-state index >= 15 is 0 Å². The third-order valence-corrected chi connectivity index (χ3v) is 3.21. The summed E-state index contributed by atoms with van der Waals surface area (Å²) in [6.07, 6.45) is 0.401. The molecule has 0 radical (unpaired) electrons. The Kier molecular flexibility index (Phi) is 8.63. The summed E-state index contributed by atoms with van der Waals surface area (Å²) >= 11 is 3.89. The van der Waals surface area contributed by atoms with Crippen molar-refractivity contribution in [1.82, 2.24) is 15.4 Å². The molecule has 0 aliphatic carbocycles. The smallest absolute Gasteiger partial charge is 0.216 e. The van der Waals surface area contributed by atoms with Gasteiger partial charge in [-0.05, 0) is 20.3 Å². The van der Waals surface area contributed by atoms with Crippen molar-refractivity contribution in [3.8, 4) is 0 Å². The lowest BCUT2D eigenvalue weighted by Crippen LogP contribution is -2.52. The summed E-state index contributed by atoms with van der Waals surface area (Å²) < 4.78 is 2.57. The monoisotopic (exact) mass is 305 g/mol. The van der Waals surface area contributed by atoms with Crippen molar-refractivity contribution in [3.05, 3.63) is 0 Å². The Bertz CT molecular complexity index is 361. The molecule has 0 fully saturated rings. The van der Waals surface area contributed by atoms with E-state index in [0.29, 0.717) is 13.0 Å². The number of carbonyl (C=O) groups is 3. The summed E-state index contributed by atoms with van der Waals surface area (Å²) in [6, 6.07) is -0.530. The number of carbonyl (C=O) groups excluding carboxylic acids is 3. The molecule has 1 amide bonds. The second kappa shape index (κ2) is 9.06. The predicted octanol–water partition coefficient (Wildman–Crippen LogP) is -1.19. The zero-order valence-corrected chi connectivity index (χ0v) is 12.9. The van der Waals surface area contributed by atoms with Crippen molar-refractivity contribution in [2.45, 2.75) is 38.8 Å². The van der Waals surface area contributed by atoms with E-state index in [-0.39, 0.29) is 24.0 Å². The minimum Gasteiger partial charge on any atom is -0.389 e. The molecule has 116 valence electrons. The number of amides is 1. The zero-order chi connectivity index (χ0) is 15.8. The molecular weight excluding hydrogens is 282 g/mol. The third-order valence-electron chi connectivity index (χ3n) is 2.90. The van der Waals surface area contributed by atoms with Gasteiger partial charge in [0.1, 0.15) is 6.61 Å². The lowest BCUT2D eigenvalue weighted by atomic mass is 9.99. The van der Waals surface area contributed by atoms with E-state index in [1.165, 1.54) is 6.92 Å². The topological polar surface area (TPSA) is 108 Å². The van der Waals surface area contributed by atoms with Crippen LogP contribution in [-0.4, -0.2) is 53.9 Å². The first-order valence-corrected chi connectivity index (χ1v) is 6.75. The lowest BCUT2D eigenvalue weighted by Gasteiger charge is -2.24. The van der Waals surface area contributed by atoms with Crippen LogP contribution in [-0.2, 0) is 14.4 Å². The number of aliphatic hydroxyl groups excluding tert-OH is 1. The first-order valence-electron chi connectivity index (χ1n) is 6.30. The summed E-state index contributed by atoms with van der Waals surface area (Å²) in [5, 5.41) is 14.2. The van der Waals surface area contributed by atoms with Gasteiger partial charge in [0, 0.05) is 13.5 Å². The number of thiol groups is 1. The number of rotatable bonds is 10. The molecule has 0 heterocycles. The summed E-state index contributed by atoms with van der Waals surface area (Å²) in [6.45, 7) is 4.34. The molecular formula is C12H23N3O4S. The lowest BCUT2D eigenvalue weighted by molar-refractivity contribution is -0.127. The van der Waals surface area contributed by atoms with Crippen LogP contribution in [0.5, 0.6) is 0 Å². The highest BCUT2D eigenvalue weighted by Gasteiger charge is 2.27. The third kappa shape index (κ3) is 6.99. The molecule has 0 aliphatic rings. The Morgan fingerprint density at radius 3 is 2.35 bits per heavy atom. The van der Waals surface area contributed by atoms with Crippen LogP contribution in [0.4, 0.5) is 0 Å². The van der Waals surface area contributed by atoms with Gasteiger partial charge in [0.25, 0.3) is 0 Å². The van der Waals surface area contributed by atoms with Crippen molar-refractivity contribution >= 4 is 30.3 Å². The molecule has 0 aromatic rings. The normalized spacial score (nSPS) is 12.8. The van der Waals surface area contributed by atoms with Crippen LogP contribution < -0.4 is 15.4 Å². The number of ketones is 2. The van der Waals surface area contributed by atoms with Gasteiger partial charge in [0.15, 0.2) is 11.6 Å².